The molecule has 0 unspecified atom stereocenters. The Balaban J connectivity index is 1.81. The highest BCUT2D eigenvalue weighted by Crippen LogP contribution is 2.36. The van der Waals surface area contributed by atoms with E-state index in [1.165, 1.54) is 11.3 Å². The summed E-state index contributed by atoms with van der Waals surface area (Å²) in [5.41, 5.74) is 2.82. The van der Waals surface area contributed by atoms with E-state index in [0.29, 0.717) is 37.7 Å². The summed E-state index contributed by atoms with van der Waals surface area (Å²) >= 11 is 2.89. The largest absolute Gasteiger partial charge is 0.493 e. The van der Waals surface area contributed by atoms with Gasteiger partial charge in [-0.1, -0.05) is 65.9 Å². The molecule has 0 radical (unpaired) electrons. The maximum absolute atomic E-state index is 14.2. The van der Waals surface area contributed by atoms with Crippen LogP contribution < -0.4 is 24.4 Å². The van der Waals surface area contributed by atoms with Crippen molar-refractivity contribution >= 4 is 40.8 Å². The molecule has 1 aromatic heterocycles. The van der Waals surface area contributed by atoms with Crippen molar-refractivity contribution in [1.82, 2.24) is 4.57 Å². The van der Waals surface area contributed by atoms with Crippen molar-refractivity contribution in [1.29, 1.82) is 0 Å². The number of nitrogens with zero attached hydrogens (tertiary/aromatic N) is 2. The van der Waals surface area contributed by atoms with E-state index in [1.54, 1.807) is 36.4 Å². The standard InChI is InChI=1S/C33H32N2O5S2/c1-6-39-32(37)27-28(21-11-8-7-9-12-21)34-33-35(29(27)22-15-17-24(41-5)18-16-22)31(36)26(42-33)19-23-13-10-14-25(38-4)30(23)40-20(2)3/h7-20,29H,6H2,1-5H3/b26-19-/t29-/m1/s1. The van der Waals surface area contributed by atoms with Gasteiger partial charge in [-0.15, -0.1) is 11.8 Å². The summed E-state index contributed by atoms with van der Waals surface area (Å²) in [6.07, 6.45) is 3.71. The van der Waals surface area contributed by atoms with Crippen molar-refractivity contribution in [3.63, 3.8) is 0 Å². The lowest BCUT2D eigenvalue weighted by molar-refractivity contribution is -0.138. The summed E-state index contributed by atoms with van der Waals surface area (Å²) in [7, 11) is 1.59. The molecule has 1 aliphatic rings. The number of aromatic nitrogens is 1. The fraction of sp³-hybridized carbons (Fsp3) is 0.242. The highest BCUT2D eigenvalue weighted by atomic mass is 32.2. The van der Waals surface area contributed by atoms with E-state index in [9.17, 15) is 9.59 Å². The second-order valence-corrected chi connectivity index (χ2v) is 11.6. The zero-order valence-corrected chi connectivity index (χ0v) is 25.8. The van der Waals surface area contributed by atoms with Gasteiger partial charge in [0, 0.05) is 16.0 Å². The Hall–Kier alpha value is -4.08. The number of esters is 1. The van der Waals surface area contributed by atoms with Gasteiger partial charge in [0.15, 0.2) is 16.3 Å². The van der Waals surface area contributed by atoms with Gasteiger partial charge in [0.2, 0.25) is 0 Å². The van der Waals surface area contributed by atoms with Crippen LogP contribution in [0.5, 0.6) is 11.5 Å². The Labute approximate surface area is 252 Å². The third kappa shape index (κ3) is 5.80. The lowest BCUT2D eigenvalue weighted by Crippen LogP contribution is -2.40. The van der Waals surface area contributed by atoms with Crippen molar-refractivity contribution in [3.8, 4) is 11.5 Å². The van der Waals surface area contributed by atoms with Crippen LogP contribution in [-0.4, -0.2) is 36.6 Å². The Morgan fingerprint density at radius 1 is 1.07 bits per heavy atom. The molecule has 3 aromatic carbocycles. The number of carbonyl (C=O) groups excluding carboxylic acids is 1. The Kier molecular flexibility index (Phi) is 8.99. The van der Waals surface area contributed by atoms with Crippen LogP contribution in [0.25, 0.3) is 11.8 Å². The lowest BCUT2D eigenvalue weighted by atomic mass is 9.93. The van der Waals surface area contributed by atoms with Crippen LogP contribution in [0.4, 0.5) is 0 Å². The normalized spacial score (nSPS) is 14.9. The summed E-state index contributed by atoms with van der Waals surface area (Å²) in [5, 5.41) is 0. The number of thioether (sulfide) groups is 1. The first-order valence-corrected chi connectivity index (χ1v) is 15.7. The van der Waals surface area contributed by atoms with Crippen molar-refractivity contribution in [2.24, 2.45) is 4.99 Å². The summed E-state index contributed by atoms with van der Waals surface area (Å²) in [6.45, 7) is 5.84. The summed E-state index contributed by atoms with van der Waals surface area (Å²) in [6, 6.07) is 22.3. The average Bonchev–Trinajstić information content (AvgIpc) is 3.31. The first-order chi connectivity index (χ1) is 20.4. The van der Waals surface area contributed by atoms with E-state index in [4.69, 9.17) is 19.2 Å². The van der Waals surface area contributed by atoms with Gasteiger partial charge in [0.25, 0.3) is 5.56 Å². The minimum Gasteiger partial charge on any atom is -0.493 e. The minimum absolute atomic E-state index is 0.0977. The molecule has 2 heterocycles. The highest BCUT2D eigenvalue weighted by Gasteiger charge is 2.35. The van der Waals surface area contributed by atoms with Crippen LogP contribution in [-0.2, 0) is 9.53 Å². The van der Waals surface area contributed by atoms with E-state index in [1.807, 2.05) is 92.9 Å². The molecular weight excluding hydrogens is 569 g/mol. The van der Waals surface area contributed by atoms with Crippen molar-refractivity contribution in [3.05, 3.63) is 115 Å². The van der Waals surface area contributed by atoms with Crippen LogP contribution >= 0.6 is 23.1 Å². The zero-order chi connectivity index (χ0) is 29.8. The van der Waals surface area contributed by atoms with E-state index < -0.39 is 12.0 Å². The van der Waals surface area contributed by atoms with Crippen LogP contribution in [0.15, 0.2) is 93.1 Å². The van der Waals surface area contributed by atoms with E-state index >= 15 is 0 Å². The van der Waals surface area contributed by atoms with E-state index in [-0.39, 0.29) is 18.3 Å². The Morgan fingerprint density at radius 2 is 1.81 bits per heavy atom. The number of hydrogen-bond acceptors (Lipinski definition) is 8. The fourth-order valence-corrected chi connectivity index (χ4v) is 6.25. The second kappa shape index (κ2) is 12.8. The number of carbonyl (C=O) groups is 1. The van der Waals surface area contributed by atoms with Crippen LogP contribution in [0.3, 0.4) is 0 Å². The average molecular weight is 601 g/mol. The molecule has 0 aliphatic carbocycles. The van der Waals surface area contributed by atoms with Crippen molar-refractivity contribution in [2.75, 3.05) is 20.0 Å². The third-order valence-corrected chi connectivity index (χ3v) is 8.40. The second-order valence-electron chi connectivity index (χ2n) is 9.75. The minimum atomic E-state index is -0.731. The molecule has 1 aliphatic heterocycles. The van der Waals surface area contributed by atoms with Crippen LogP contribution in [0, 0.1) is 0 Å². The van der Waals surface area contributed by atoms with Gasteiger partial charge in [-0.05, 0) is 56.9 Å². The number of ether oxygens (including phenoxy) is 3. The summed E-state index contributed by atoms with van der Waals surface area (Å²) < 4.78 is 19.3. The monoisotopic (exact) mass is 600 g/mol. The predicted octanol–water partition coefficient (Wildman–Crippen LogP) is 5.45. The highest BCUT2D eigenvalue weighted by molar-refractivity contribution is 7.98. The number of thiazole rings is 1. The van der Waals surface area contributed by atoms with Gasteiger partial charge < -0.3 is 14.2 Å². The van der Waals surface area contributed by atoms with Gasteiger partial charge in [-0.2, -0.15) is 0 Å². The molecule has 7 nitrogen and oxygen atoms in total. The molecule has 5 rings (SSSR count). The fourth-order valence-electron chi connectivity index (χ4n) is 4.85. The number of para-hydroxylation sites is 1. The molecule has 42 heavy (non-hydrogen) atoms. The lowest BCUT2D eigenvalue weighted by Gasteiger charge is -2.26. The first kappa shape index (κ1) is 29.4. The molecule has 0 spiro atoms. The maximum Gasteiger partial charge on any atom is 0.338 e. The van der Waals surface area contributed by atoms with Gasteiger partial charge >= 0.3 is 5.97 Å². The number of rotatable bonds is 9. The van der Waals surface area contributed by atoms with Gasteiger partial charge in [0.05, 0.1) is 41.7 Å². The Bertz CT molecular complexity index is 1810. The molecule has 9 heteroatoms. The quantitative estimate of drug-likeness (QED) is 0.188. The number of benzene rings is 3. The van der Waals surface area contributed by atoms with Crippen molar-refractivity contribution in [2.45, 2.75) is 37.8 Å². The molecule has 1 atom stereocenters. The van der Waals surface area contributed by atoms with E-state index in [2.05, 4.69) is 0 Å². The first-order valence-electron chi connectivity index (χ1n) is 13.6. The van der Waals surface area contributed by atoms with E-state index in [0.717, 1.165) is 16.0 Å². The molecule has 0 amide bonds. The molecular formula is C33H32N2O5S2. The molecule has 0 bridgehead atoms. The Morgan fingerprint density at radius 3 is 2.45 bits per heavy atom. The molecule has 0 fully saturated rings. The molecule has 0 N–H and O–H groups in total. The zero-order valence-electron chi connectivity index (χ0n) is 24.1. The molecule has 4 aromatic rings. The van der Waals surface area contributed by atoms with Gasteiger partial charge in [0.1, 0.15) is 0 Å². The predicted molar refractivity (Wildman–Crippen MR) is 168 cm³/mol. The number of fused-ring (bicyclic) bond motifs is 1. The summed E-state index contributed by atoms with van der Waals surface area (Å²) in [4.78, 5) is 34.3. The maximum atomic E-state index is 14.2. The topological polar surface area (TPSA) is 79.1 Å². The third-order valence-electron chi connectivity index (χ3n) is 6.67. The van der Waals surface area contributed by atoms with Gasteiger partial charge in [-0.25, -0.2) is 9.79 Å². The van der Waals surface area contributed by atoms with Crippen molar-refractivity contribution < 1.29 is 19.0 Å². The summed E-state index contributed by atoms with van der Waals surface area (Å²) in [5.74, 6) is 0.629. The molecule has 216 valence electrons. The molecule has 0 saturated heterocycles. The SMILES string of the molecule is CCOC(=O)C1=C(c2ccccc2)N=c2s/c(=C\c3cccc(OC)c3OC(C)C)c(=O)n2[C@@H]1c1ccc(SC)cc1. The molecule has 0 saturated carbocycles. The van der Waals surface area contributed by atoms with Gasteiger partial charge in [-0.3, -0.25) is 9.36 Å². The van der Waals surface area contributed by atoms with Crippen LogP contribution in [0.2, 0.25) is 0 Å². The number of methoxy groups -OCH3 is 1. The number of hydrogen-bond donors (Lipinski definition) is 0. The van der Waals surface area contributed by atoms with Crippen LogP contribution in [0.1, 0.15) is 43.5 Å². The smallest absolute Gasteiger partial charge is 0.338 e.